The molecule has 0 saturated carbocycles. The minimum Gasteiger partial charge on any atom is -0.315 e. The molecule has 0 unspecified atom stereocenters. The van der Waals surface area contributed by atoms with Crippen LogP contribution in [-0.4, -0.2) is 22.0 Å². The zero-order chi connectivity index (χ0) is 15.1. The van der Waals surface area contributed by atoms with Crippen molar-refractivity contribution in [1.82, 2.24) is 10.0 Å². The van der Waals surface area contributed by atoms with Crippen molar-refractivity contribution in [2.45, 2.75) is 23.6 Å². The molecule has 4 nitrogen and oxygen atoms in total. The van der Waals surface area contributed by atoms with Gasteiger partial charge < -0.3 is 5.32 Å². The second-order valence-electron chi connectivity index (χ2n) is 4.74. The SMILES string of the molecule is CNCc1ccc(S(=O)(=O)NCCCc2ccccc2)s1. The van der Waals surface area contributed by atoms with Crippen molar-refractivity contribution in [3.05, 3.63) is 52.9 Å². The van der Waals surface area contributed by atoms with Crippen molar-refractivity contribution in [3.63, 3.8) is 0 Å². The second-order valence-corrected chi connectivity index (χ2v) is 7.90. The highest BCUT2D eigenvalue weighted by molar-refractivity contribution is 7.91. The summed E-state index contributed by atoms with van der Waals surface area (Å²) in [6.45, 7) is 1.14. The van der Waals surface area contributed by atoms with Crippen LogP contribution in [0.3, 0.4) is 0 Å². The Labute approximate surface area is 130 Å². The van der Waals surface area contributed by atoms with Gasteiger partial charge in [0.05, 0.1) is 0 Å². The zero-order valence-corrected chi connectivity index (χ0v) is 13.6. The molecular formula is C15H20N2O2S2. The first-order valence-corrected chi connectivity index (χ1v) is 9.19. The Balaban J connectivity index is 1.83. The lowest BCUT2D eigenvalue weighted by Crippen LogP contribution is -2.24. The Morgan fingerprint density at radius 1 is 1.10 bits per heavy atom. The van der Waals surface area contributed by atoms with Gasteiger partial charge in [0.25, 0.3) is 0 Å². The first-order valence-electron chi connectivity index (χ1n) is 6.89. The van der Waals surface area contributed by atoms with Crippen LogP contribution in [0.2, 0.25) is 0 Å². The van der Waals surface area contributed by atoms with E-state index in [0.29, 0.717) is 17.3 Å². The summed E-state index contributed by atoms with van der Waals surface area (Å²) in [5, 5.41) is 3.01. The van der Waals surface area contributed by atoms with Gasteiger partial charge in [-0.05, 0) is 37.6 Å². The molecule has 0 spiro atoms. The monoisotopic (exact) mass is 324 g/mol. The molecule has 114 valence electrons. The molecule has 1 aromatic heterocycles. The highest BCUT2D eigenvalue weighted by Gasteiger charge is 2.15. The van der Waals surface area contributed by atoms with E-state index >= 15 is 0 Å². The summed E-state index contributed by atoms with van der Waals surface area (Å²) in [7, 11) is -1.53. The molecule has 2 rings (SSSR count). The summed E-state index contributed by atoms with van der Waals surface area (Å²) >= 11 is 1.31. The fourth-order valence-electron chi connectivity index (χ4n) is 1.99. The summed E-state index contributed by atoms with van der Waals surface area (Å²) in [6, 6.07) is 13.6. The molecule has 0 aliphatic heterocycles. The van der Waals surface area contributed by atoms with Crippen molar-refractivity contribution in [1.29, 1.82) is 0 Å². The lowest BCUT2D eigenvalue weighted by molar-refractivity contribution is 0.581. The van der Waals surface area contributed by atoms with Crippen molar-refractivity contribution < 1.29 is 8.42 Å². The van der Waals surface area contributed by atoms with E-state index in [-0.39, 0.29) is 0 Å². The summed E-state index contributed by atoms with van der Waals surface area (Å²) in [4.78, 5) is 1.02. The number of aryl methyl sites for hydroxylation is 1. The standard InChI is InChI=1S/C15H20N2O2S2/c1-16-12-14-9-10-15(20-14)21(18,19)17-11-5-8-13-6-3-2-4-7-13/h2-4,6-7,9-10,16-17H,5,8,11-12H2,1H3. The van der Waals surface area contributed by atoms with E-state index in [1.165, 1.54) is 16.9 Å². The Bertz CT molecular complexity index is 651. The topological polar surface area (TPSA) is 58.2 Å². The summed E-state index contributed by atoms with van der Waals surface area (Å²) in [5.74, 6) is 0. The van der Waals surface area contributed by atoms with Crippen LogP contribution < -0.4 is 10.0 Å². The first kappa shape index (κ1) is 16.2. The van der Waals surface area contributed by atoms with Crippen LogP contribution in [0.5, 0.6) is 0 Å². The minimum absolute atomic E-state index is 0.382. The van der Waals surface area contributed by atoms with Gasteiger partial charge in [-0.15, -0.1) is 11.3 Å². The molecule has 2 aromatic rings. The lowest BCUT2D eigenvalue weighted by Gasteiger charge is -2.05. The van der Waals surface area contributed by atoms with Gasteiger partial charge in [0.15, 0.2) is 0 Å². The molecule has 0 saturated heterocycles. The van der Waals surface area contributed by atoms with E-state index in [1.807, 2.05) is 31.3 Å². The van der Waals surface area contributed by atoms with Crippen LogP contribution in [-0.2, 0) is 23.0 Å². The fraction of sp³-hybridized carbons (Fsp3) is 0.333. The van der Waals surface area contributed by atoms with Crippen LogP contribution in [0, 0.1) is 0 Å². The van der Waals surface area contributed by atoms with Gasteiger partial charge >= 0.3 is 0 Å². The Morgan fingerprint density at radius 2 is 1.86 bits per heavy atom. The number of hydrogen-bond acceptors (Lipinski definition) is 4. The molecule has 6 heteroatoms. The maximum absolute atomic E-state index is 12.1. The van der Waals surface area contributed by atoms with Crippen molar-refractivity contribution >= 4 is 21.4 Å². The average Bonchev–Trinajstić information content (AvgIpc) is 2.95. The van der Waals surface area contributed by atoms with Crippen LogP contribution in [0.25, 0.3) is 0 Å². The van der Waals surface area contributed by atoms with Crippen LogP contribution in [0.4, 0.5) is 0 Å². The first-order chi connectivity index (χ1) is 10.1. The smallest absolute Gasteiger partial charge is 0.250 e. The van der Waals surface area contributed by atoms with E-state index in [9.17, 15) is 8.42 Å². The fourth-order valence-corrected chi connectivity index (χ4v) is 4.47. The summed E-state index contributed by atoms with van der Waals surface area (Å²) in [5.41, 5.74) is 1.23. The molecule has 0 atom stereocenters. The van der Waals surface area contributed by atoms with Crippen LogP contribution >= 0.6 is 11.3 Å². The third-order valence-corrected chi connectivity index (χ3v) is 6.07. The van der Waals surface area contributed by atoms with Crippen molar-refractivity contribution in [2.24, 2.45) is 0 Å². The molecular weight excluding hydrogens is 304 g/mol. The van der Waals surface area contributed by atoms with E-state index < -0.39 is 10.0 Å². The highest BCUT2D eigenvalue weighted by atomic mass is 32.2. The number of rotatable bonds is 8. The summed E-state index contributed by atoms with van der Waals surface area (Å²) in [6.07, 6.45) is 1.66. The molecule has 2 N–H and O–H groups in total. The predicted molar refractivity (Wildman–Crippen MR) is 87.0 cm³/mol. The van der Waals surface area contributed by atoms with Gasteiger partial charge in [-0.1, -0.05) is 30.3 Å². The Morgan fingerprint density at radius 3 is 2.57 bits per heavy atom. The highest BCUT2D eigenvalue weighted by Crippen LogP contribution is 2.21. The molecule has 0 bridgehead atoms. The number of thiophene rings is 1. The number of benzene rings is 1. The molecule has 0 radical (unpaired) electrons. The van der Waals surface area contributed by atoms with E-state index in [1.54, 1.807) is 6.07 Å². The van der Waals surface area contributed by atoms with E-state index in [4.69, 9.17) is 0 Å². The molecule has 1 aromatic carbocycles. The second kappa shape index (κ2) is 7.70. The van der Waals surface area contributed by atoms with Gasteiger partial charge in [-0.3, -0.25) is 0 Å². The third-order valence-electron chi connectivity index (χ3n) is 3.03. The Kier molecular flexibility index (Phi) is 5.93. The quantitative estimate of drug-likeness (QED) is 0.733. The van der Waals surface area contributed by atoms with Crippen LogP contribution in [0.1, 0.15) is 16.9 Å². The largest absolute Gasteiger partial charge is 0.315 e. The maximum atomic E-state index is 12.1. The minimum atomic E-state index is -3.37. The molecule has 21 heavy (non-hydrogen) atoms. The molecule has 0 amide bonds. The maximum Gasteiger partial charge on any atom is 0.250 e. The number of hydrogen-bond donors (Lipinski definition) is 2. The van der Waals surface area contributed by atoms with E-state index in [2.05, 4.69) is 22.2 Å². The molecule has 0 aliphatic carbocycles. The molecule has 0 aliphatic rings. The average molecular weight is 324 g/mol. The lowest BCUT2D eigenvalue weighted by atomic mass is 10.1. The van der Waals surface area contributed by atoms with Crippen LogP contribution in [0.15, 0.2) is 46.7 Å². The van der Waals surface area contributed by atoms with Gasteiger partial charge in [0.1, 0.15) is 4.21 Å². The normalized spacial score (nSPS) is 11.7. The zero-order valence-electron chi connectivity index (χ0n) is 12.0. The Hall–Kier alpha value is -1.21. The summed E-state index contributed by atoms with van der Waals surface area (Å²) < 4.78 is 27.3. The van der Waals surface area contributed by atoms with Crippen molar-refractivity contribution in [2.75, 3.05) is 13.6 Å². The number of sulfonamides is 1. The van der Waals surface area contributed by atoms with Gasteiger partial charge in [-0.25, -0.2) is 13.1 Å². The van der Waals surface area contributed by atoms with Gasteiger partial charge in [-0.2, -0.15) is 0 Å². The number of nitrogens with one attached hydrogen (secondary N) is 2. The van der Waals surface area contributed by atoms with Crippen molar-refractivity contribution in [3.8, 4) is 0 Å². The predicted octanol–water partition coefficient (Wildman–Crippen LogP) is 2.38. The molecule has 0 fully saturated rings. The van der Waals surface area contributed by atoms with E-state index in [0.717, 1.165) is 17.7 Å². The van der Waals surface area contributed by atoms with Gasteiger partial charge in [0.2, 0.25) is 10.0 Å². The third kappa shape index (κ3) is 4.93. The molecule has 1 heterocycles. The van der Waals surface area contributed by atoms with Gasteiger partial charge in [0, 0.05) is 18.0 Å².